The zero-order chi connectivity index (χ0) is 11.1. The molecule has 1 aromatic rings. The second-order valence-electron chi connectivity index (χ2n) is 4.06. The van der Waals surface area contributed by atoms with Crippen molar-refractivity contribution in [1.29, 1.82) is 0 Å². The molecule has 82 valence electrons. The number of aliphatic hydroxyl groups is 1. The van der Waals surface area contributed by atoms with Crippen molar-refractivity contribution in [3.05, 3.63) is 33.8 Å². The molecule has 4 heteroatoms. The molecule has 0 radical (unpaired) electrons. The highest BCUT2D eigenvalue weighted by molar-refractivity contribution is 9.10. The minimum atomic E-state index is -2.46. The Kier molecular flexibility index (Phi) is 2.81. The predicted molar refractivity (Wildman–Crippen MR) is 57.0 cm³/mol. The van der Waals surface area contributed by atoms with E-state index in [0.29, 0.717) is 10.9 Å². The van der Waals surface area contributed by atoms with Gasteiger partial charge in [-0.2, -0.15) is 0 Å². The first-order valence-electron chi connectivity index (χ1n) is 4.79. The molecule has 0 atom stereocenters. The SMILES string of the molecule is OC1(Cc2ccc(C(F)F)c(Br)c2)CC1. The van der Waals surface area contributed by atoms with E-state index >= 15 is 0 Å². The van der Waals surface area contributed by atoms with Crippen molar-refractivity contribution in [2.24, 2.45) is 0 Å². The summed E-state index contributed by atoms with van der Waals surface area (Å²) in [5.74, 6) is 0. The van der Waals surface area contributed by atoms with Gasteiger partial charge in [0.15, 0.2) is 0 Å². The van der Waals surface area contributed by atoms with E-state index in [0.717, 1.165) is 18.4 Å². The van der Waals surface area contributed by atoms with Gasteiger partial charge in [0.1, 0.15) is 0 Å². The molecule has 0 amide bonds. The number of rotatable bonds is 3. The third kappa shape index (κ3) is 2.55. The topological polar surface area (TPSA) is 20.2 Å². The summed E-state index contributed by atoms with van der Waals surface area (Å²) >= 11 is 3.11. The van der Waals surface area contributed by atoms with Gasteiger partial charge >= 0.3 is 0 Å². The van der Waals surface area contributed by atoms with Gasteiger partial charge in [-0.1, -0.05) is 28.1 Å². The summed E-state index contributed by atoms with van der Waals surface area (Å²) in [5.41, 5.74) is 0.319. The summed E-state index contributed by atoms with van der Waals surface area (Å²) in [6, 6.07) is 4.73. The Morgan fingerprint density at radius 3 is 2.53 bits per heavy atom. The Balaban J connectivity index is 2.17. The van der Waals surface area contributed by atoms with Crippen LogP contribution < -0.4 is 0 Å². The summed E-state index contributed by atoms with van der Waals surface area (Å²) in [4.78, 5) is 0. The highest BCUT2D eigenvalue weighted by Gasteiger charge is 2.40. The Morgan fingerprint density at radius 1 is 1.40 bits per heavy atom. The number of hydrogen-bond donors (Lipinski definition) is 1. The van der Waals surface area contributed by atoms with E-state index in [9.17, 15) is 13.9 Å². The lowest BCUT2D eigenvalue weighted by molar-refractivity contribution is 0.149. The van der Waals surface area contributed by atoms with Crippen LogP contribution in [0.15, 0.2) is 22.7 Å². The fourth-order valence-electron chi connectivity index (χ4n) is 1.56. The molecule has 1 aliphatic carbocycles. The molecule has 15 heavy (non-hydrogen) atoms. The van der Waals surface area contributed by atoms with Crippen molar-refractivity contribution < 1.29 is 13.9 Å². The van der Waals surface area contributed by atoms with Crippen molar-refractivity contribution in [2.75, 3.05) is 0 Å². The molecule has 0 aliphatic heterocycles. The van der Waals surface area contributed by atoms with E-state index < -0.39 is 12.0 Å². The Bertz CT molecular complexity index is 375. The van der Waals surface area contributed by atoms with Crippen molar-refractivity contribution in [2.45, 2.75) is 31.3 Å². The van der Waals surface area contributed by atoms with Crippen LogP contribution in [0.25, 0.3) is 0 Å². The third-order valence-corrected chi connectivity index (χ3v) is 3.35. The first-order chi connectivity index (χ1) is 7.00. The molecule has 0 bridgehead atoms. The van der Waals surface area contributed by atoms with Gasteiger partial charge in [0.2, 0.25) is 0 Å². The van der Waals surface area contributed by atoms with Gasteiger partial charge in [-0.05, 0) is 24.5 Å². The van der Waals surface area contributed by atoms with Gasteiger partial charge in [-0.3, -0.25) is 0 Å². The van der Waals surface area contributed by atoms with Crippen LogP contribution >= 0.6 is 15.9 Å². The van der Waals surface area contributed by atoms with E-state index in [1.807, 2.05) is 0 Å². The summed E-state index contributed by atoms with van der Waals surface area (Å²) in [6.07, 6.45) is -0.296. The normalized spacial score (nSPS) is 18.2. The monoisotopic (exact) mass is 276 g/mol. The van der Waals surface area contributed by atoms with Gasteiger partial charge in [-0.15, -0.1) is 0 Å². The lowest BCUT2D eigenvalue weighted by Gasteiger charge is -2.09. The maximum absolute atomic E-state index is 12.4. The van der Waals surface area contributed by atoms with Crippen molar-refractivity contribution in [3.63, 3.8) is 0 Å². The molecule has 1 nitrogen and oxygen atoms in total. The van der Waals surface area contributed by atoms with Crippen LogP contribution in [-0.2, 0) is 6.42 Å². The average molecular weight is 277 g/mol. The van der Waals surface area contributed by atoms with Crippen molar-refractivity contribution in [3.8, 4) is 0 Å². The number of hydrogen-bond acceptors (Lipinski definition) is 1. The molecule has 0 heterocycles. The minimum absolute atomic E-state index is 0.00142. The molecule has 1 fully saturated rings. The first-order valence-corrected chi connectivity index (χ1v) is 5.58. The first kappa shape index (κ1) is 11.0. The minimum Gasteiger partial charge on any atom is -0.390 e. The smallest absolute Gasteiger partial charge is 0.264 e. The second kappa shape index (κ2) is 3.83. The Morgan fingerprint density at radius 2 is 2.07 bits per heavy atom. The largest absolute Gasteiger partial charge is 0.390 e. The van der Waals surface area contributed by atoms with E-state index in [1.54, 1.807) is 12.1 Å². The van der Waals surface area contributed by atoms with E-state index in [1.165, 1.54) is 6.07 Å². The highest BCUT2D eigenvalue weighted by Crippen LogP contribution is 2.39. The summed E-state index contributed by atoms with van der Waals surface area (Å²) in [7, 11) is 0. The van der Waals surface area contributed by atoms with Crippen LogP contribution in [0.2, 0.25) is 0 Å². The zero-order valence-corrected chi connectivity index (χ0v) is 9.60. The fraction of sp³-hybridized carbons (Fsp3) is 0.455. The quantitative estimate of drug-likeness (QED) is 0.897. The van der Waals surface area contributed by atoms with E-state index in [-0.39, 0.29) is 5.56 Å². The van der Waals surface area contributed by atoms with Gasteiger partial charge in [0.25, 0.3) is 6.43 Å². The van der Waals surface area contributed by atoms with Gasteiger partial charge in [-0.25, -0.2) is 8.78 Å². The third-order valence-electron chi connectivity index (χ3n) is 2.66. The Labute approximate surface area is 95.2 Å². The van der Waals surface area contributed by atoms with E-state index in [4.69, 9.17) is 0 Å². The van der Waals surface area contributed by atoms with E-state index in [2.05, 4.69) is 15.9 Å². The zero-order valence-electron chi connectivity index (χ0n) is 8.01. The summed E-state index contributed by atoms with van der Waals surface area (Å²) in [6.45, 7) is 0. The van der Waals surface area contributed by atoms with Crippen LogP contribution in [0.1, 0.15) is 30.4 Å². The molecule has 1 aromatic carbocycles. The summed E-state index contributed by atoms with van der Waals surface area (Å²) < 4.78 is 25.3. The number of halogens is 3. The predicted octanol–water partition coefficient (Wildman–Crippen LogP) is 3.45. The molecule has 1 saturated carbocycles. The molecule has 0 saturated heterocycles. The summed E-state index contributed by atoms with van der Waals surface area (Å²) in [5, 5.41) is 9.69. The molecule has 0 unspecified atom stereocenters. The standard InChI is InChI=1S/C11H11BrF2O/c12-9-5-7(6-11(15)3-4-11)1-2-8(9)10(13)14/h1-2,5,10,15H,3-4,6H2. The molecular weight excluding hydrogens is 266 g/mol. The van der Waals surface area contributed by atoms with Crippen LogP contribution in [-0.4, -0.2) is 10.7 Å². The highest BCUT2D eigenvalue weighted by atomic mass is 79.9. The molecule has 0 aromatic heterocycles. The lowest BCUT2D eigenvalue weighted by atomic mass is 10.0. The van der Waals surface area contributed by atoms with Gasteiger partial charge in [0, 0.05) is 16.5 Å². The maximum Gasteiger partial charge on any atom is 0.264 e. The molecular formula is C11H11BrF2O. The van der Waals surface area contributed by atoms with Crippen LogP contribution in [0.4, 0.5) is 8.78 Å². The average Bonchev–Trinajstić information content (AvgIpc) is 2.82. The number of alkyl halides is 2. The molecule has 2 rings (SSSR count). The van der Waals surface area contributed by atoms with Gasteiger partial charge < -0.3 is 5.11 Å². The van der Waals surface area contributed by atoms with Crippen molar-refractivity contribution >= 4 is 15.9 Å². The molecule has 0 spiro atoms. The van der Waals surface area contributed by atoms with Crippen LogP contribution in [0.3, 0.4) is 0 Å². The molecule has 1 aliphatic rings. The fourth-order valence-corrected chi connectivity index (χ4v) is 2.16. The Hall–Kier alpha value is -0.480. The van der Waals surface area contributed by atoms with Crippen LogP contribution in [0.5, 0.6) is 0 Å². The molecule has 1 N–H and O–H groups in total. The van der Waals surface area contributed by atoms with Gasteiger partial charge in [0.05, 0.1) is 5.60 Å². The second-order valence-corrected chi connectivity index (χ2v) is 4.91. The number of benzene rings is 1. The van der Waals surface area contributed by atoms with Crippen LogP contribution in [0, 0.1) is 0 Å². The van der Waals surface area contributed by atoms with Crippen molar-refractivity contribution in [1.82, 2.24) is 0 Å². The lowest BCUT2D eigenvalue weighted by Crippen LogP contribution is -2.10. The maximum atomic E-state index is 12.4.